The first-order valence-electron chi connectivity index (χ1n) is 7.72. The van der Waals surface area contributed by atoms with E-state index in [-0.39, 0.29) is 0 Å². The molecule has 0 amide bonds. The highest BCUT2D eigenvalue weighted by atomic mass is 16.3. The highest BCUT2D eigenvalue weighted by molar-refractivity contribution is 5.17. The third-order valence-corrected chi connectivity index (χ3v) is 4.43. The van der Waals surface area contributed by atoms with Gasteiger partial charge in [-0.05, 0) is 51.3 Å². The molecule has 108 valence electrons. The van der Waals surface area contributed by atoms with E-state index in [4.69, 9.17) is 4.42 Å². The van der Waals surface area contributed by atoms with Crippen LogP contribution in [0.4, 0.5) is 0 Å². The molecule has 0 aliphatic carbocycles. The molecule has 1 aromatic heterocycles. The minimum Gasteiger partial charge on any atom is -0.468 e. The predicted molar refractivity (Wildman–Crippen MR) is 79.0 cm³/mol. The summed E-state index contributed by atoms with van der Waals surface area (Å²) in [6, 6.07) is 2.81. The molecule has 1 aromatic rings. The van der Waals surface area contributed by atoms with Gasteiger partial charge >= 0.3 is 0 Å². The second-order valence-electron chi connectivity index (χ2n) is 5.88. The van der Waals surface area contributed by atoms with E-state index in [1.165, 1.54) is 24.9 Å². The minimum atomic E-state index is 0.681. The highest BCUT2D eigenvalue weighted by Gasteiger charge is 2.25. The van der Waals surface area contributed by atoms with E-state index in [1.807, 2.05) is 6.26 Å². The zero-order valence-corrected chi connectivity index (χ0v) is 12.6. The van der Waals surface area contributed by atoms with Crippen LogP contribution in [0.1, 0.15) is 51.4 Å². The smallest absolute Gasteiger partial charge is 0.122 e. The molecule has 0 radical (unpaired) electrons. The van der Waals surface area contributed by atoms with Crippen molar-refractivity contribution < 1.29 is 4.42 Å². The summed E-state index contributed by atoms with van der Waals surface area (Å²) in [7, 11) is 0. The summed E-state index contributed by atoms with van der Waals surface area (Å²) in [5.74, 6) is 1.92. The third kappa shape index (κ3) is 3.83. The van der Waals surface area contributed by atoms with Crippen molar-refractivity contribution in [1.29, 1.82) is 0 Å². The van der Waals surface area contributed by atoms with Crippen molar-refractivity contribution in [2.45, 2.75) is 59.2 Å². The number of hydrogen-bond donors (Lipinski definition) is 1. The summed E-state index contributed by atoms with van der Waals surface area (Å²) in [5, 5.41) is 3.42. The van der Waals surface area contributed by atoms with E-state index in [0.717, 1.165) is 37.7 Å². The second kappa shape index (κ2) is 7.11. The fourth-order valence-corrected chi connectivity index (χ4v) is 2.90. The maximum atomic E-state index is 5.63. The van der Waals surface area contributed by atoms with Crippen LogP contribution in [0.15, 0.2) is 16.7 Å². The van der Waals surface area contributed by atoms with Gasteiger partial charge in [0.05, 0.1) is 12.8 Å². The normalized spacial score (nSPS) is 24.8. The first kappa shape index (κ1) is 14.6. The zero-order valence-electron chi connectivity index (χ0n) is 12.6. The van der Waals surface area contributed by atoms with Crippen molar-refractivity contribution >= 4 is 0 Å². The Morgan fingerprint density at radius 1 is 1.42 bits per heavy atom. The maximum absolute atomic E-state index is 5.63. The highest BCUT2D eigenvalue weighted by Crippen LogP contribution is 2.25. The standard InChI is InChI=1S/C16H28N2O/c1-4-8-17-11-16-15(7-10-19-16)12-18-9-5-6-13(2)14(18)3/h7,10,13-14,17H,4-6,8-9,11-12H2,1-3H3. The van der Waals surface area contributed by atoms with Crippen LogP contribution in [0, 0.1) is 5.92 Å². The van der Waals surface area contributed by atoms with E-state index in [2.05, 4.69) is 37.1 Å². The van der Waals surface area contributed by atoms with Gasteiger partial charge in [0.15, 0.2) is 0 Å². The molecule has 2 rings (SSSR count). The van der Waals surface area contributed by atoms with E-state index in [9.17, 15) is 0 Å². The molecule has 2 unspecified atom stereocenters. The Morgan fingerprint density at radius 3 is 3.05 bits per heavy atom. The summed E-state index contributed by atoms with van der Waals surface area (Å²) in [6.45, 7) is 11.1. The molecule has 0 saturated carbocycles. The van der Waals surface area contributed by atoms with Crippen molar-refractivity contribution in [3.63, 3.8) is 0 Å². The molecular weight excluding hydrogens is 236 g/mol. The number of furan rings is 1. The van der Waals surface area contributed by atoms with Gasteiger partial charge in [-0.3, -0.25) is 4.90 Å². The van der Waals surface area contributed by atoms with Crippen LogP contribution in [0.5, 0.6) is 0 Å². The molecule has 2 heterocycles. The van der Waals surface area contributed by atoms with Crippen LogP contribution in [-0.4, -0.2) is 24.0 Å². The maximum Gasteiger partial charge on any atom is 0.122 e. The van der Waals surface area contributed by atoms with Crippen LogP contribution < -0.4 is 5.32 Å². The van der Waals surface area contributed by atoms with Gasteiger partial charge in [0.1, 0.15) is 5.76 Å². The number of hydrogen-bond acceptors (Lipinski definition) is 3. The second-order valence-corrected chi connectivity index (χ2v) is 5.88. The molecule has 0 spiro atoms. The molecular formula is C16H28N2O. The summed E-state index contributed by atoms with van der Waals surface area (Å²) in [5.41, 5.74) is 1.35. The van der Waals surface area contributed by atoms with Crippen molar-refractivity contribution in [3.05, 3.63) is 23.7 Å². The lowest BCUT2D eigenvalue weighted by atomic mass is 9.92. The first-order valence-corrected chi connectivity index (χ1v) is 7.72. The van der Waals surface area contributed by atoms with Gasteiger partial charge in [0, 0.05) is 18.2 Å². The van der Waals surface area contributed by atoms with E-state index in [1.54, 1.807) is 0 Å². The fourth-order valence-electron chi connectivity index (χ4n) is 2.90. The Kier molecular flexibility index (Phi) is 5.46. The Morgan fingerprint density at radius 2 is 2.26 bits per heavy atom. The number of nitrogens with one attached hydrogen (secondary N) is 1. The number of piperidine rings is 1. The fraction of sp³-hybridized carbons (Fsp3) is 0.750. The van der Waals surface area contributed by atoms with Crippen LogP contribution >= 0.6 is 0 Å². The zero-order chi connectivity index (χ0) is 13.7. The number of nitrogens with zero attached hydrogens (tertiary/aromatic N) is 1. The van der Waals surface area contributed by atoms with Crippen molar-refractivity contribution in [3.8, 4) is 0 Å². The molecule has 1 saturated heterocycles. The van der Waals surface area contributed by atoms with Crippen molar-refractivity contribution in [2.24, 2.45) is 5.92 Å². The van der Waals surface area contributed by atoms with Gasteiger partial charge in [0.2, 0.25) is 0 Å². The topological polar surface area (TPSA) is 28.4 Å². The third-order valence-electron chi connectivity index (χ3n) is 4.43. The monoisotopic (exact) mass is 264 g/mol. The largest absolute Gasteiger partial charge is 0.468 e. The minimum absolute atomic E-state index is 0.681. The lowest BCUT2D eigenvalue weighted by molar-refractivity contribution is 0.106. The summed E-state index contributed by atoms with van der Waals surface area (Å²) in [6.07, 6.45) is 5.69. The molecule has 0 bridgehead atoms. The van der Waals surface area contributed by atoms with Gasteiger partial charge in [-0.1, -0.05) is 13.8 Å². The van der Waals surface area contributed by atoms with Crippen LogP contribution in [0.25, 0.3) is 0 Å². The summed E-state index contributed by atoms with van der Waals surface area (Å²) < 4.78 is 5.63. The van der Waals surface area contributed by atoms with Crippen molar-refractivity contribution in [2.75, 3.05) is 13.1 Å². The van der Waals surface area contributed by atoms with Gasteiger partial charge in [-0.15, -0.1) is 0 Å². The summed E-state index contributed by atoms with van der Waals surface area (Å²) in [4.78, 5) is 2.60. The molecule has 19 heavy (non-hydrogen) atoms. The van der Waals surface area contributed by atoms with Crippen LogP contribution in [-0.2, 0) is 13.1 Å². The Bertz CT molecular complexity index is 375. The van der Waals surface area contributed by atoms with Crippen molar-refractivity contribution in [1.82, 2.24) is 10.2 Å². The Labute approximate surface area is 117 Å². The molecule has 1 fully saturated rings. The molecule has 1 N–H and O–H groups in total. The first-order chi connectivity index (χ1) is 9.22. The summed E-state index contributed by atoms with van der Waals surface area (Å²) >= 11 is 0. The van der Waals surface area contributed by atoms with Crippen LogP contribution in [0.3, 0.4) is 0 Å². The van der Waals surface area contributed by atoms with Gasteiger partial charge in [-0.25, -0.2) is 0 Å². The molecule has 3 nitrogen and oxygen atoms in total. The molecule has 1 aliphatic rings. The molecule has 2 atom stereocenters. The number of rotatable bonds is 6. The predicted octanol–water partition coefficient (Wildman–Crippen LogP) is 3.40. The molecule has 1 aliphatic heterocycles. The SMILES string of the molecule is CCCNCc1occc1CN1CCCC(C)C1C. The lowest BCUT2D eigenvalue weighted by Crippen LogP contribution is -2.41. The molecule has 3 heteroatoms. The quantitative estimate of drug-likeness (QED) is 0.798. The van der Waals surface area contributed by atoms with Gasteiger partial charge < -0.3 is 9.73 Å². The van der Waals surface area contributed by atoms with Gasteiger partial charge in [-0.2, -0.15) is 0 Å². The lowest BCUT2D eigenvalue weighted by Gasteiger charge is -2.37. The average molecular weight is 264 g/mol. The van der Waals surface area contributed by atoms with E-state index < -0.39 is 0 Å². The Hall–Kier alpha value is -0.800. The van der Waals surface area contributed by atoms with E-state index >= 15 is 0 Å². The average Bonchev–Trinajstić information content (AvgIpc) is 2.83. The van der Waals surface area contributed by atoms with Crippen LogP contribution in [0.2, 0.25) is 0 Å². The Balaban J connectivity index is 1.93. The molecule has 0 aromatic carbocycles. The van der Waals surface area contributed by atoms with E-state index in [0.29, 0.717) is 6.04 Å². The van der Waals surface area contributed by atoms with Gasteiger partial charge in [0.25, 0.3) is 0 Å². The number of likely N-dealkylation sites (tertiary alicyclic amines) is 1.